The zero-order chi connectivity index (χ0) is 11.7. The number of para-hydroxylation sites is 1. The number of ether oxygens (including phenoxy) is 1. The van der Waals surface area contributed by atoms with Crippen LogP contribution in [0.3, 0.4) is 0 Å². The molecule has 2 heterocycles. The summed E-state index contributed by atoms with van der Waals surface area (Å²) in [5, 5.41) is 3.35. The molecule has 1 aromatic heterocycles. The van der Waals surface area contributed by atoms with Crippen molar-refractivity contribution < 1.29 is 9.53 Å². The predicted octanol–water partition coefficient (Wildman–Crippen LogP) is 2.54. The van der Waals surface area contributed by atoms with Crippen LogP contribution in [0.2, 0.25) is 0 Å². The Hall–Kier alpha value is -1.88. The first-order valence-electron chi connectivity index (χ1n) is 5.33. The number of rotatable bonds is 2. The van der Waals surface area contributed by atoms with Gasteiger partial charge in [-0.1, -0.05) is 23.5 Å². The zero-order valence-corrected chi connectivity index (χ0v) is 9.79. The Morgan fingerprint density at radius 2 is 2.29 bits per heavy atom. The number of amides is 1. The predicted molar refractivity (Wildman–Crippen MR) is 66.9 cm³/mol. The van der Waals surface area contributed by atoms with E-state index in [0.717, 1.165) is 16.6 Å². The first-order valence-corrected chi connectivity index (χ1v) is 6.14. The Bertz CT molecular complexity index is 570. The fourth-order valence-corrected chi connectivity index (χ4v) is 2.52. The van der Waals surface area contributed by atoms with E-state index in [1.807, 2.05) is 24.3 Å². The molecule has 1 aliphatic rings. The van der Waals surface area contributed by atoms with Crippen molar-refractivity contribution in [1.82, 2.24) is 4.98 Å². The molecule has 86 valence electrons. The quantitative estimate of drug-likeness (QED) is 0.885. The van der Waals surface area contributed by atoms with Crippen molar-refractivity contribution in [3.05, 3.63) is 36.1 Å². The van der Waals surface area contributed by atoms with Crippen LogP contribution in [0.1, 0.15) is 6.42 Å². The minimum Gasteiger partial charge on any atom is -0.488 e. The average Bonchev–Trinajstić information content (AvgIpc) is 2.97. The SMILES string of the molecule is O=C(Nc1nc2ccccc2s1)C1=CCCO1. The third-order valence-electron chi connectivity index (χ3n) is 2.44. The van der Waals surface area contributed by atoms with Crippen LogP contribution >= 0.6 is 11.3 Å². The Kier molecular flexibility index (Phi) is 2.53. The van der Waals surface area contributed by atoms with Crippen molar-refractivity contribution >= 4 is 32.6 Å². The molecule has 3 rings (SSSR count). The monoisotopic (exact) mass is 246 g/mol. The van der Waals surface area contributed by atoms with Gasteiger partial charge in [0.15, 0.2) is 10.9 Å². The first kappa shape index (κ1) is 10.3. The summed E-state index contributed by atoms with van der Waals surface area (Å²) in [4.78, 5) is 16.1. The number of fused-ring (bicyclic) bond motifs is 1. The number of hydrogen-bond acceptors (Lipinski definition) is 4. The summed E-state index contributed by atoms with van der Waals surface area (Å²) in [6, 6.07) is 7.78. The smallest absolute Gasteiger partial charge is 0.292 e. The van der Waals surface area contributed by atoms with E-state index in [1.165, 1.54) is 11.3 Å². The van der Waals surface area contributed by atoms with Crippen molar-refractivity contribution in [1.29, 1.82) is 0 Å². The largest absolute Gasteiger partial charge is 0.488 e. The first-order chi connectivity index (χ1) is 8.33. The number of thiazole rings is 1. The van der Waals surface area contributed by atoms with Crippen molar-refractivity contribution in [2.75, 3.05) is 11.9 Å². The van der Waals surface area contributed by atoms with Crippen LogP contribution in [-0.2, 0) is 9.53 Å². The molecule has 1 aromatic carbocycles. The van der Waals surface area contributed by atoms with Gasteiger partial charge in [-0.25, -0.2) is 4.98 Å². The van der Waals surface area contributed by atoms with Crippen molar-refractivity contribution in [3.8, 4) is 0 Å². The molecule has 1 aliphatic heterocycles. The second-order valence-corrected chi connectivity index (χ2v) is 4.68. The lowest BCUT2D eigenvalue weighted by molar-refractivity contribution is -0.115. The van der Waals surface area contributed by atoms with E-state index in [9.17, 15) is 4.79 Å². The van der Waals surface area contributed by atoms with Crippen LogP contribution in [-0.4, -0.2) is 17.5 Å². The summed E-state index contributed by atoms with van der Waals surface area (Å²) in [6.45, 7) is 0.586. The molecule has 0 unspecified atom stereocenters. The molecule has 1 amide bonds. The molecule has 5 heteroatoms. The number of benzene rings is 1. The standard InChI is InChI=1S/C12H10N2O2S/c15-11(9-5-3-7-16-9)14-12-13-8-4-1-2-6-10(8)17-12/h1-2,4-6H,3,7H2,(H,13,14,15). The number of carbonyl (C=O) groups excluding carboxylic acids is 1. The van der Waals surface area contributed by atoms with Crippen LogP contribution in [0.4, 0.5) is 5.13 Å². The molecule has 0 bridgehead atoms. The minimum atomic E-state index is -0.221. The molecule has 17 heavy (non-hydrogen) atoms. The number of anilines is 1. The van der Waals surface area contributed by atoms with Gasteiger partial charge < -0.3 is 4.74 Å². The van der Waals surface area contributed by atoms with Crippen molar-refractivity contribution in [2.24, 2.45) is 0 Å². The van der Waals surface area contributed by atoms with E-state index in [0.29, 0.717) is 17.5 Å². The van der Waals surface area contributed by atoms with Gasteiger partial charge >= 0.3 is 0 Å². The third kappa shape index (κ3) is 2.01. The molecular weight excluding hydrogens is 236 g/mol. The normalized spacial score (nSPS) is 14.5. The number of aromatic nitrogens is 1. The Balaban J connectivity index is 1.82. The molecule has 0 radical (unpaired) electrons. The van der Waals surface area contributed by atoms with Crippen LogP contribution in [0.25, 0.3) is 10.2 Å². The van der Waals surface area contributed by atoms with Gasteiger partial charge in [0.2, 0.25) is 0 Å². The van der Waals surface area contributed by atoms with E-state index in [1.54, 1.807) is 6.08 Å². The molecule has 2 aromatic rings. The fraction of sp³-hybridized carbons (Fsp3) is 0.167. The second kappa shape index (κ2) is 4.18. The molecule has 0 spiro atoms. The maximum absolute atomic E-state index is 11.8. The summed E-state index contributed by atoms with van der Waals surface area (Å²) in [7, 11) is 0. The van der Waals surface area contributed by atoms with Crippen LogP contribution in [0.5, 0.6) is 0 Å². The molecule has 0 aliphatic carbocycles. The van der Waals surface area contributed by atoms with Gasteiger partial charge in [-0.15, -0.1) is 0 Å². The number of carbonyl (C=O) groups is 1. The molecule has 0 saturated heterocycles. The van der Waals surface area contributed by atoms with E-state index >= 15 is 0 Å². The fourth-order valence-electron chi connectivity index (χ4n) is 1.66. The highest BCUT2D eigenvalue weighted by Gasteiger charge is 2.16. The summed E-state index contributed by atoms with van der Waals surface area (Å²) < 4.78 is 6.25. The highest BCUT2D eigenvalue weighted by atomic mass is 32.1. The Morgan fingerprint density at radius 3 is 3.06 bits per heavy atom. The Morgan fingerprint density at radius 1 is 1.41 bits per heavy atom. The summed E-state index contributed by atoms with van der Waals surface area (Å²) in [5.41, 5.74) is 0.897. The van der Waals surface area contributed by atoms with Gasteiger partial charge in [0.05, 0.1) is 16.8 Å². The van der Waals surface area contributed by atoms with Crippen molar-refractivity contribution in [3.63, 3.8) is 0 Å². The van der Waals surface area contributed by atoms with E-state index in [4.69, 9.17) is 4.74 Å². The van der Waals surface area contributed by atoms with E-state index < -0.39 is 0 Å². The molecule has 0 fully saturated rings. The lowest BCUT2D eigenvalue weighted by Gasteiger charge is -2.02. The lowest BCUT2D eigenvalue weighted by Crippen LogP contribution is -2.14. The van der Waals surface area contributed by atoms with Crippen LogP contribution in [0, 0.1) is 0 Å². The molecule has 4 nitrogen and oxygen atoms in total. The van der Waals surface area contributed by atoms with Gasteiger partial charge in [0.25, 0.3) is 5.91 Å². The zero-order valence-electron chi connectivity index (χ0n) is 8.97. The average molecular weight is 246 g/mol. The third-order valence-corrected chi connectivity index (χ3v) is 3.40. The topological polar surface area (TPSA) is 51.2 Å². The summed E-state index contributed by atoms with van der Waals surface area (Å²) >= 11 is 1.46. The van der Waals surface area contributed by atoms with Crippen LogP contribution in [0.15, 0.2) is 36.1 Å². The van der Waals surface area contributed by atoms with Crippen molar-refractivity contribution in [2.45, 2.75) is 6.42 Å². The van der Waals surface area contributed by atoms with Gasteiger partial charge in [0.1, 0.15) is 0 Å². The summed E-state index contributed by atoms with van der Waals surface area (Å²) in [5.74, 6) is 0.172. The van der Waals surface area contributed by atoms with E-state index in [2.05, 4.69) is 10.3 Å². The van der Waals surface area contributed by atoms with Gasteiger partial charge in [0, 0.05) is 6.42 Å². The van der Waals surface area contributed by atoms with E-state index in [-0.39, 0.29) is 5.91 Å². The van der Waals surface area contributed by atoms with Crippen LogP contribution < -0.4 is 5.32 Å². The number of nitrogens with zero attached hydrogens (tertiary/aromatic N) is 1. The summed E-state index contributed by atoms with van der Waals surface area (Å²) in [6.07, 6.45) is 2.59. The lowest BCUT2D eigenvalue weighted by atomic mass is 10.3. The molecule has 1 N–H and O–H groups in total. The van der Waals surface area contributed by atoms with Gasteiger partial charge in [-0.2, -0.15) is 0 Å². The molecule has 0 saturated carbocycles. The maximum atomic E-state index is 11.8. The molecular formula is C12H10N2O2S. The molecule has 0 atom stereocenters. The highest BCUT2D eigenvalue weighted by Crippen LogP contribution is 2.26. The number of hydrogen-bond donors (Lipinski definition) is 1. The van der Waals surface area contributed by atoms with Gasteiger partial charge in [-0.05, 0) is 18.2 Å². The Labute approximate surface area is 102 Å². The second-order valence-electron chi connectivity index (χ2n) is 3.65. The highest BCUT2D eigenvalue weighted by molar-refractivity contribution is 7.22. The van der Waals surface area contributed by atoms with Gasteiger partial charge in [-0.3, -0.25) is 10.1 Å². The number of nitrogens with one attached hydrogen (secondary N) is 1. The minimum absolute atomic E-state index is 0.221. The maximum Gasteiger partial charge on any atom is 0.292 e.